The van der Waals surface area contributed by atoms with E-state index in [-0.39, 0.29) is 24.8 Å². The van der Waals surface area contributed by atoms with E-state index in [0.717, 1.165) is 24.5 Å². The third-order valence-electron chi connectivity index (χ3n) is 7.03. The van der Waals surface area contributed by atoms with E-state index in [1.165, 1.54) is 12.8 Å². The van der Waals surface area contributed by atoms with Gasteiger partial charge in [0.25, 0.3) is 5.91 Å². The van der Waals surface area contributed by atoms with Crippen molar-refractivity contribution in [3.05, 3.63) is 17.7 Å². The fraction of sp³-hybridized carbons (Fsp3) is 0.667. The number of carbonyl (C=O) groups is 1. The number of carbonyl (C=O) groups excluding carboxylic acids is 1. The molecule has 1 saturated heterocycles. The Labute approximate surface area is 169 Å². The lowest BCUT2D eigenvalue weighted by Crippen LogP contribution is -2.40. The minimum atomic E-state index is -4.14. The Balaban J connectivity index is 1.50. The third-order valence-corrected chi connectivity index (χ3v) is 7.03. The van der Waals surface area contributed by atoms with Gasteiger partial charge >= 0.3 is 6.18 Å². The van der Waals surface area contributed by atoms with E-state index in [1.54, 1.807) is 13.1 Å². The number of nitrogens with two attached hydrogens (primary N) is 1. The van der Waals surface area contributed by atoms with Crippen LogP contribution in [0.2, 0.25) is 0 Å². The number of hydrogen-bond donors (Lipinski definition) is 3. The molecule has 5 nitrogen and oxygen atoms in total. The summed E-state index contributed by atoms with van der Waals surface area (Å²) in [5.74, 6) is -0.112. The van der Waals surface area contributed by atoms with Crippen molar-refractivity contribution in [2.45, 2.75) is 50.7 Å². The first-order chi connectivity index (χ1) is 13.8. The Morgan fingerprint density at radius 1 is 1.07 bits per heavy atom. The number of alkyl halides is 3. The van der Waals surface area contributed by atoms with E-state index in [0.29, 0.717) is 35.9 Å². The highest BCUT2D eigenvalue weighted by Gasteiger charge is 2.42. The summed E-state index contributed by atoms with van der Waals surface area (Å²) in [7, 11) is 1.79. The molecule has 3 fully saturated rings. The minimum Gasteiger partial charge on any atom is -0.397 e. The van der Waals surface area contributed by atoms with Gasteiger partial charge in [-0.15, -0.1) is 0 Å². The monoisotopic (exact) mass is 410 g/mol. The molecule has 0 spiro atoms. The maximum absolute atomic E-state index is 13.1. The SMILES string of the molecule is CNc1cc(N2CC3CCC3C2)c(C(=O)NC2CCC(C(F)(F)F)CC2)cc1N. The van der Waals surface area contributed by atoms with Crippen LogP contribution in [0.3, 0.4) is 0 Å². The van der Waals surface area contributed by atoms with Crippen LogP contribution in [0, 0.1) is 17.8 Å². The van der Waals surface area contributed by atoms with Gasteiger partial charge in [-0.1, -0.05) is 0 Å². The number of nitrogens with zero attached hydrogens (tertiary/aromatic N) is 1. The van der Waals surface area contributed by atoms with E-state index in [9.17, 15) is 18.0 Å². The van der Waals surface area contributed by atoms with Crippen LogP contribution in [0.5, 0.6) is 0 Å². The van der Waals surface area contributed by atoms with E-state index >= 15 is 0 Å². The first kappa shape index (κ1) is 20.2. The highest BCUT2D eigenvalue weighted by Crippen LogP contribution is 2.44. The number of amides is 1. The maximum Gasteiger partial charge on any atom is 0.391 e. The molecule has 160 valence electrons. The Morgan fingerprint density at radius 2 is 1.69 bits per heavy atom. The van der Waals surface area contributed by atoms with Crippen LogP contribution < -0.4 is 21.3 Å². The average Bonchev–Trinajstić information content (AvgIpc) is 2.95. The van der Waals surface area contributed by atoms with Gasteiger partial charge in [-0.2, -0.15) is 13.2 Å². The Bertz CT molecular complexity index is 762. The van der Waals surface area contributed by atoms with Crippen molar-refractivity contribution in [3.63, 3.8) is 0 Å². The molecule has 4 rings (SSSR count). The number of hydrogen-bond acceptors (Lipinski definition) is 4. The molecule has 3 aliphatic rings. The lowest BCUT2D eigenvalue weighted by Gasteiger charge is -2.31. The molecule has 0 aromatic heterocycles. The zero-order valence-electron chi connectivity index (χ0n) is 16.7. The molecule has 29 heavy (non-hydrogen) atoms. The molecule has 1 aliphatic heterocycles. The highest BCUT2D eigenvalue weighted by molar-refractivity contribution is 6.02. The molecule has 4 N–H and O–H groups in total. The predicted octanol–water partition coefficient (Wildman–Crippen LogP) is 4.01. The first-order valence-electron chi connectivity index (χ1n) is 10.5. The van der Waals surface area contributed by atoms with Gasteiger partial charge in [-0.05, 0) is 62.5 Å². The number of fused-ring (bicyclic) bond motifs is 1. The van der Waals surface area contributed by atoms with Crippen molar-refractivity contribution in [1.82, 2.24) is 5.32 Å². The summed E-state index contributed by atoms with van der Waals surface area (Å²) >= 11 is 0. The number of rotatable bonds is 4. The highest BCUT2D eigenvalue weighted by atomic mass is 19.4. The summed E-state index contributed by atoms with van der Waals surface area (Å²) in [6, 6.07) is 3.39. The normalized spacial score (nSPS) is 29.2. The number of halogens is 3. The fourth-order valence-electron chi connectivity index (χ4n) is 5.05. The van der Waals surface area contributed by atoms with Crippen LogP contribution in [0.1, 0.15) is 48.9 Å². The molecule has 2 atom stereocenters. The summed E-state index contributed by atoms with van der Waals surface area (Å²) in [5.41, 5.74) is 8.76. The van der Waals surface area contributed by atoms with Crippen molar-refractivity contribution >= 4 is 23.0 Å². The van der Waals surface area contributed by atoms with Crippen molar-refractivity contribution in [1.29, 1.82) is 0 Å². The largest absolute Gasteiger partial charge is 0.397 e. The van der Waals surface area contributed by atoms with Crippen LogP contribution in [0.15, 0.2) is 12.1 Å². The average molecular weight is 410 g/mol. The second-order valence-electron chi connectivity index (χ2n) is 8.77. The van der Waals surface area contributed by atoms with Crippen LogP contribution in [0.25, 0.3) is 0 Å². The van der Waals surface area contributed by atoms with E-state index in [2.05, 4.69) is 15.5 Å². The van der Waals surface area contributed by atoms with Crippen LogP contribution in [-0.2, 0) is 0 Å². The summed E-state index contributed by atoms with van der Waals surface area (Å²) in [6.45, 7) is 1.88. The molecule has 1 aromatic carbocycles. The topological polar surface area (TPSA) is 70.4 Å². The Morgan fingerprint density at radius 3 is 2.21 bits per heavy atom. The quantitative estimate of drug-likeness (QED) is 0.656. The van der Waals surface area contributed by atoms with E-state index < -0.39 is 12.1 Å². The molecular weight excluding hydrogens is 381 g/mol. The van der Waals surface area contributed by atoms with Crippen LogP contribution in [0.4, 0.5) is 30.2 Å². The van der Waals surface area contributed by atoms with Gasteiger partial charge in [-0.25, -0.2) is 0 Å². The third kappa shape index (κ3) is 3.98. The molecule has 2 aliphatic carbocycles. The van der Waals surface area contributed by atoms with Crippen LogP contribution in [-0.4, -0.2) is 38.3 Å². The second kappa shape index (κ2) is 7.61. The second-order valence-corrected chi connectivity index (χ2v) is 8.77. The molecule has 1 amide bonds. The summed E-state index contributed by atoms with van der Waals surface area (Å²) in [4.78, 5) is 15.3. The first-order valence-corrected chi connectivity index (χ1v) is 10.5. The molecule has 2 saturated carbocycles. The Kier molecular flexibility index (Phi) is 5.29. The number of nitrogen functional groups attached to an aromatic ring is 1. The maximum atomic E-state index is 13.1. The molecule has 0 bridgehead atoms. The van der Waals surface area contributed by atoms with E-state index in [1.807, 2.05) is 6.07 Å². The summed E-state index contributed by atoms with van der Waals surface area (Å²) < 4.78 is 38.7. The van der Waals surface area contributed by atoms with E-state index in [4.69, 9.17) is 5.73 Å². The molecule has 1 aromatic rings. The summed E-state index contributed by atoms with van der Waals surface area (Å²) in [5, 5.41) is 6.04. The van der Waals surface area contributed by atoms with Crippen LogP contribution >= 0.6 is 0 Å². The lowest BCUT2D eigenvalue weighted by atomic mass is 9.77. The fourth-order valence-corrected chi connectivity index (χ4v) is 5.05. The van der Waals surface area contributed by atoms with Gasteiger partial charge in [0.05, 0.1) is 28.5 Å². The van der Waals surface area contributed by atoms with Gasteiger partial charge in [-0.3, -0.25) is 4.79 Å². The number of benzene rings is 1. The van der Waals surface area contributed by atoms with Crippen molar-refractivity contribution in [2.24, 2.45) is 17.8 Å². The van der Waals surface area contributed by atoms with Gasteiger partial charge in [0, 0.05) is 26.2 Å². The van der Waals surface area contributed by atoms with Gasteiger partial charge in [0.2, 0.25) is 0 Å². The molecule has 2 unspecified atom stereocenters. The van der Waals surface area contributed by atoms with Gasteiger partial charge in [0.15, 0.2) is 0 Å². The lowest BCUT2D eigenvalue weighted by molar-refractivity contribution is -0.182. The number of nitrogens with one attached hydrogen (secondary N) is 2. The smallest absolute Gasteiger partial charge is 0.391 e. The molecule has 8 heteroatoms. The van der Waals surface area contributed by atoms with Crippen molar-refractivity contribution in [3.8, 4) is 0 Å². The number of anilines is 3. The molecule has 1 heterocycles. The zero-order chi connectivity index (χ0) is 20.8. The van der Waals surface area contributed by atoms with Crippen molar-refractivity contribution in [2.75, 3.05) is 36.1 Å². The standard InChI is InChI=1S/C21H29F3N4O/c1-26-18-9-19(28-10-12-2-3-13(12)11-28)16(8-17(18)25)20(29)27-15-6-4-14(5-7-15)21(22,23)24/h8-9,12-15,26H,2-7,10-11,25H2,1H3,(H,27,29). The van der Waals surface area contributed by atoms with Gasteiger partial charge in [0.1, 0.15) is 0 Å². The summed E-state index contributed by atoms with van der Waals surface area (Å²) in [6.07, 6.45) is -0.839. The minimum absolute atomic E-state index is 0.0671. The van der Waals surface area contributed by atoms with Crippen molar-refractivity contribution < 1.29 is 18.0 Å². The molecule has 0 radical (unpaired) electrons. The molecular formula is C21H29F3N4O. The van der Waals surface area contributed by atoms with Gasteiger partial charge < -0.3 is 21.3 Å². The zero-order valence-corrected chi connectivity index (χ0v) is 16.7. The Hall–Kier alpha value is -2.12. The predicted molar refractivity (Wildman–Crippen MR) is 108 cm³/mol.